The van der Waals surface area contributed by atoms with Gasteiger partial charge in [0.15, 0.2) is 5.82 Å². The summed E-state index contributed by atoms with van der Waals surface area (Å²) in [6.45, 7) is 3.86. The Balaban J connectivity index is 1.75. The molecule has 0 aliphatic rings. The summed E-state index contributed by atoms with van der Waals surface area (Å²) in [5, 5.41) is 8.46. The van der Waals surface area contributed by atoms with E-state index in [0.29, 0.717) is 34.4 Å². The van der Waals surface area contributed by atoms with Gasteiger partial charge in [0, 0.05) is 23.1 Å². The van der Waals surface area contributed by atoms with Crippen molar-refractivity contribution in [1.29, 1.82) is 0 Å². The van der Waals surface area contributed by atoms with E-state index in [2.05, 4.69) is 10.4 Å². The van der Waals surface area contributed by atoms with Crippen molar-refractivity contribution in [2.75, 3.05) is 26.6 Å². The number of hydrogen-bond donors (Lipinski definition) is 1. The number of nitrogens with zero attached hydrogens (tertiary/aromatic N) is 3. The molecule has 1 N–H and O–H groups in total. The lowest BCUT2D eigenvalue weighted by Gasteiger charge is -2.13. The van der Waals surface area contributed by atoms with Crippen molar-refractivity contribution < 1.29 is 19.0 Å². The Bertz CT molecular complexity index is 1290. The Kier molecular flexibility index (Phi) is 5.68. The molecule has 0 radical (unpaired) electrons. The zero-order valence-electron chi connectivity index (χ0n) is 18.6. The number of fused-ring (bicyclic) bond motifs is 1. The number of methoxy groups -OCH3 is 3. The van der Waals surface area contributed by atoms with E-state index in [4.69, 9.17) is 19.2 Å². The Morgan fingerprint density at radius 3 is 2.31 bits per heavy atom. The SMILES string of the molecule is COc1cc(OC)cc(C(=O)Nc2cc(C)nn2-c2cc(C)c3cccc(OC)c3n2)c1. The van der Waals surface area contributed by atoms with Gasteiger partial charge < -0.3 is 19.5 Å². The molecule has 8 nitrogen and oxygen atoms in total. The van der Waals surface area contributed by atoms with E-state index in [1.807, 2.05) is 38.1 Å². The Labute approximate surface area is 185 Å². The van der Waals surface area contributed by atoms with Crippen molar-refractivity contribution in [2.24, 2.45) is 0 Å². The molecule has 0 atom stereocenters. The summed E-state index contributed by atoms with van der Waals surface area (Å²) in [6.07, 6.45) is 0. The van der Waals surface area contributed by atoms with Crippen LogP contribution in [0.15, 0.2) is 48.5 Å². The van der Waals surface area contributed by atoms with E-state index in [-0.39, 0.29) is 5.91 Å². The third kappa shape index (κ3) is 3.94. The van der Waals surface area contributed by atoms with Gasteiger partial charge in [-0.15, -0.1) is 0 Å². The molecule has 32 heavy (non-hydrogen) atoms. The fourth-order valence-electron chi connectivity index (χ4n) is 3.54. The minimum Gasteiger partial charge on any atom is -0.497 e. The Morgan fingerprint density at radius 2 is 1.66 bits per heavy atom. The van der Waals surface area contributed by atoms with E-state index in [0.717, 1.165) is 22.2 Å². The molecule has 0 fully saturated rings. The van der Waals surface area contributed by atoms with Crippen molar-refractivity contribution in [3.05, 3.63) is 65.4 Å². The second-order valence-corrected chi connectivity index (χ2v) is 7.29. The van der Waals surface area contributed by atoms with Gasteiger partial charge in [-0.2, -0.15) is 9.78 Å². The van der Waals surface area contributed by atoms with Crippen LogP contribution in [-0.2, 0) is 0 Å². The van der Waals surface area contributed by atoms with Crippen LogP contribution in [0.3, 0.4) is 0 Å². The first kappa shape index (κ1) is 21.2. The molecule has 0 saturated heterocycles. The number of rotatable bonds is 6. The summed E-state index contributed by atoms with van der Waals surface area (Å²) >= 11 is 0. The number of ether oxygens (including phenoxy) is 3. The number of para-hydroxylation sites is 1. The van der Waals surface area contributed by atoms with Crippen LogP contribution in [0.25, 0.3) is 16.7 Å². The first-order valence-corrected chi connectivity index (χ1v) is 9.99. The van der Waals surface area contributed by atoms with Gasteiger partial charge in [0.2, 0.25) is 0 Å². The molecule has 8 heteroatoms. The zero-order chi connectivity index (χ0) is 22.8. The Morgan fingerprint density at radius 1 is 0.938 bits per heavy atom. The molecule has 0 bridgehead atoms. The van der Waals surface area contributed by atoms with E-state index in [1.54, 1.807) is 36.1 Å². The number of anilines is 1. The number of carbonyl (C=O) groups is 1. The highest BCUT2D eigenvalue weighted by atomic mass is 16.5. The average Bonchev–Trinajstić information content (AvgIpc) is 3.17. The molecule has 4 rings (SSSR count). The van der Waals surface area contributed by atoms with Crippen LogP contribution < -0.4 is 19.5 Å². The maximum Gasteiger partial charge on any atom is 0.257 e. The number of nitrogens with one attached hydrogen (secondary N) is 1. The summed E-state index contributed by atoms with van der Waals surface area (Å²) < 4.78 is 17.6. The number of pyridine rings is 1. The van der Waals surface area contributed by atoms with Crippen LogP contribution in [0.1, 0.15) is 21.6 Å². The summed E-state index contributed by atoms with van der Waals surface area (Å²) in [5.74, 6) is 2.47. The largest absolute Gasteiger partial charge is 0.497 e. The van der Waals surface area contributed by atoms with E-state index in [1.165, 1.54) is 14.2 Å². The summed E-state index contributed by atoms with van der Waals surface area (Å²) in [7, 11) is 4.69. The van der Waals surface area contributed by atoms with E-state index < -0.39 is 0 Å². The number of carbonyl (C=O) groups excluding carboxylic acids is 1. The third-order valence-corrected chi connectivity index (χ3v) is 5.12. The fraction of sp³-hybridized carbons (Fsp3) is 0.208. The number of aromatic nitrogens is 3. The summed E-state index contributed by atoms with van der Waals surface area (Å²) in [5.41, 5.74) is 2.89. The van der Waals surface area contributed by atoms with Crippen LogP contribution in [0, 0.1) is 13.8 Å². The number of aryl methyl sites for hydroxylation is 2. The Hall–Kier alpha value is -4.07. The van der Waals surface area contributed by atoms with Gasteiger partial charge >= 0.3 is 0 Å². The number of amides is 1. The van der Waals surface area contributed by atoms with Crippen molar-refractivity contribution in [1.82, 2.24) is 14.8 Å². The molecule has 4 aromatic rings. The highest BCUT2D eigenvalue weighted by Crippen LogP contribution is 2.29. The molecule has 0 aliphatic carbocycles. The van der Waals surface area contributed by atoms with Gasteiger partial charge in [0.05, 0.1) is 27.0 Å². The smallest absolute Gasteiger partial charge is 0.257 e. The number of hydrogen-bond acceptors (Lipinski definition) is 6. The zero-order valence-corrected chi connectivity index (χ0v) is 18.6. The van der Waals surface area contributed by atoms with Gasteiger partial charge in [-0.3, -0.25) is 4.79 Å². The topological polar surface area (TPSA) is 87.5 Å². The van der Waals surface area contributed by atoms with Gasteiger partial charge in [0.1, 0.15) is 28.6 Å². The third-order valence-electron chi connectivity index (χ3n) is 5.12. The van der Waals surface area contributed by atoms with Gasteiger partial charge in [-0.1, -0.05) is 12.1 Å². The lowest BCUT2D eigenvalue weighted by Crippen LogP contribution is -2.16. The monoisotopic (exact) mass is 432 g/mol. The molecule has 0 spiro atoms. The van der Waals surface area contributed by atoms with E-state index in [9.17, 15) is 4.79 Å². The van der Waals surface area contributed by atoms with Crippen LogP contribution in [-0.4, -0.2) is 42.0 Å². The highest BCUT2D eigenvalue weighted by Gasteiger charge is 2.17. The van der Waals surface area contributed by atoms with Crippen molar-refractivity contribution in [3.63, 3.8) is 0 Å². The average molecular weight is 432 g/mol. The van der Waals surface area contributed by atoms with Crippen molar-refractivity contribution in [3.8, 4) is 23.1 Å². The molecule has 2 heterocycles. The van der Waals surface area contributed by atoms with E-state index >= 15 is 0 Å². The van der Waals surface area contributed by atoms with Gasteiger partial charge in [-0.05, 0) is 43.7 Å². The normalized spacial score (nSPS) is 10.8. The number of benzene rings is 2. The predicted octanol–water partition coefficient (Wildman–Crippen LogP) is 4.32. The molecule has 2 aromatic carbocycles. The lowest BCUT2D eigenvalue weighted by atomic mass is 10.1. The van der Waals surface area contributed by atoms with Crippen LogP contribution in [0.2, 0.25) is 0 Å². The second kappa shape index (κ2) is 8.58. The maximum absolute atomic E-state index is 13.0. The van der Waals surface area contributed by atoms with Gasteiger partial charge in [0.25, 0.3) is 5.91 Å². The minimum atomic E-state index is -0.321. The molecule has 0 saturated carbocycles. The van der Waals surface area contributed by atoms with Crippen LogP contribution >= 0.6 is 0 Å². The van der Waals surface area contributed by atoms with Crippen molar-refractivity contribution >= 4 is 22.6 Å². The predicted molar refractivity (Wildman–Crippen MR) is 122 cm³/mol. The molecule has 0 aliphatic heterocycles. The summed E-state index contributed by atoms with van der Waals surface area (Å²) in [4.78, 5) is 17.8. The molecule has 2 aromatic heterocycles. The van der Waals surface area contributed by atoms with Crippen LogP contribution in [0.4, 0.5) is 5.82 Å². The standard InChI is InChI=1S/C24H24N4O4/c1-14-9-21(25-23-19(14)7-6-8-20(23)32-5)28-22(10-15(2)27-28)26-24(29)16-11-17(30-3)13-18(12-16)31-4/h6-13H,1-5H3,(H,26,29). The summed E-state index contributed by atoms with van der Waals surface area (Å²) in [6, 6.07) is 14.5. The lowest BCUT2D eigenvalue weighted by molar-refractivity contribution is 0.102. The molecular formula is C24H24N4O4. The molecule has 1 amide bonds. The first-order chi connectivity index (χ1) is 15.4. The minimum absolute atomic E-state index is 0.321. The highest BCUT2D eigenvalue weighted by molar-refractivity contribution is 6.04. The molecule has 164 valence electrons. The van der Waals surface area contributed by atoms with Gasteiger partial charge in [-0.25, -0.2) is 4.98 Å². The molecule has 0 unspecified atom stereocenters. The maximum atomic E-state index is 13.0. The first-order valence-electron chi connectivity index (χ1n) is 9.99. The van der Waals surface area contributed by atoms with Crippen LogP contribution in [0.5, 0.6) is 17.2 Å². The fourth-order valence-corrected chi connectivity index (χ4v) is 3.54. The van der Waals surface area contributed by atoms with Crippen molar-refractivity contribution in [2.45, 2.75) is 13.8 Å². The molecular weight excluding hydrogens is 408 g/mol. The second-order valence-electron chi connectivity index (χ2n) is 7.29. The quantitative estimate of drug-likeness (QED) is 0.488.